The molecule has 2 aliphatic rings. The summed E-state index contributed by atoms with van der Waals surface area (Å²) in [5.74, 6) is -5.27. The number of esters is 3. The van der Waals surface area contributed by atoms with E-state index < -0.39 is 52.3 Å². The molecule has 2 aliphatic heterocycles. The van der Waals surface area contributed by atoms with Crippen molar-refractivity contribution in [3.63, 3.8) is 0 Å². The first-order valence-electron chi connectivity index (χ1n) is 37.8. The lowest BCUT2D eigenvalue weighted by molar-refractivity contribution is -0.141. The van der Waals surface area contributed by atoms with E-state index in [0.717, 1.165) is 85.3 Å². The van der Waals surface area contributed by atoms with E-state index >= 15 is 0 Å². The number of morpholine rings is 2. The van der Waals surface area contributed by atoms with E-state index in [0.29, 0.717) is 42.7 Å². The molecule has 642 valence electrons. The van der Waals surface area contributed by atoms with Crippen molar-refractivity contribution in [1.82, 2.24) is 9.80 Å². The number of anilines is 1. The first kappa shape index (κ1) is 105. The van der Waals surface area contributed by atoms with E-state index in [1.807, 2.05) is 144 Å². The summed E-state index contributed by atoms with van der Waals surface area (Å²) in [4.78, 5) is 135. The number of methoxy groups -OCH3 is 1. The van der Waals surface area contributed by atoms with Crippen LogP contribution in [0, 0.1) is 0 Å². The Morgan fingerprint density at radius 1 is 0.442 bits per heavy atom. The van der Waals surface area contributed by atoms with Crippen LogP contribution in [0.15, 0.2) is 275 Å². The van der Waals surface area contributed by atoms with E-state index in [-0.39, 0.29) is 97.7 Å². The summed E-state index contributed by atoms with van der Waals surface area (Å²) < 4.78 is 29.8. The summed E-state index contributed by atoms with van der Waals surface area (Å²) in [6.45, 7) is 14.3. The molecule has 0 saturated carbocycles. The minimum atomic E-state index is -0.968. The van der Waals surface area contributed by atoms with Crippen molar-refractivity contribution in [1.29, 1.82) is 0 Å². The molecule has 1 unspecified atom stereocenters. The molecule has 0 N–H and O–H groups in total. The molecule has 2 heterocycles. The Hall–Kier alpha value is -11.2. The number of likely N-dealkylation sites (N-methyl/N-ethyl adjacent to an activating group) is 1. The summed E-state index contributed by atoms with van der Waals surface area (Å²) in [6.07, 6.45) is 5.66. The van der Waals surface area contributed by atoms with Crippen LogP contribution >= 0.6 is 23.5 Å². The molecule has 11 rings (SSSR count). The Bertz CT molecular complexity index is 4500. The lowest BCUT2D eigenvalue weighted by atomic mass is 9.80. The highest BCUT2D eigenvalue weighted by atomic mass is 32.2. The number of hydrogen-bond donors (Lipinski definition) is 0. The largest absolute Gasteiger partial charge is 0.463 e. The average molecular weight is 1680 g/mol. The fourth-order valence-electron chi connectivity index (χ4n) is 11.8. The topological polar surface area (TPSA) is 257 Å². The van der Waals surface area contributed by atoms with Gasteiger partial charge in [-0.05, 0) is 150 Å². The van der Waals surface area contributed by atoms with Gasteiger partial charge in [0.25, 0.3) is 17.3 Å². The first-order valence-corrected chi connectivity index (χ1v) is 39.9. The van der Waals surface area contributed by atoms with Crippen LogP contribution in [0.5, 0.6) is 0 Å². The summed E-state index contributed by atoms with van der Waals surface area (Å²) in [7, 11) is 5.20. The highest BCUT2D eigenvalue weighted by Gasteiger charge is 2.40. The zero-order valence-electron chi connectivity index (χ0n) is 66.3. The molecule has 9 aromatic carbocycles. The van der Waals surface area contributed by atoms with Crippen molar-refractivity contribution in [3.8, 4) is 0 Å². The van der Waals surface area contributed by atoms with Gasteiger partial charge in [0.15, 0.2) is 11.6 Å². The first-order chi connectivity index (χ1) is 55.6. The smallest absolute Gasteiger partial charge is 0.379 e. The van der Waals surface area contributed by atoms with E-state index in [4.69, 9.17) is 28.5 Å². The Morgan fingerprint density at radius 2 is 0.825 bits per heavy atom. The van der Waals surface area contributed by atoms with E-state index in [1.165, 1.54) is 41.8 Å². The van der Waals surface area contributed by atoms with Crippen LogP contribution in [0.3, 0.4) is 0 Å². The van der Waals surface area contributed by atoms with Gasteiger partial charge in [0.05, 0.1) is 63.4 Å². The number of ketones is 6. The van der Waals surface area contributed by atoms with Gasteiger partial charge in [-0.1, -0.05) is 244 Å². The standard InChI is InChI=1S/C25H23NO3S.C23H30N2O2.C20H18O7.C15H21NO2S.C9H8O3.5CH4/c1-2-3-14-23(26-29-25(28)20-10-6-4-7-11-20)24(27)19-15-17-22(18-16-19)30-21-12-8-5-9-13-21;1-4-23(24(2)3,18-19-8-6-5-7-9-19)22(26)20-10-12-21(13-11-20)25-14-16-27-17-15-25;21-17(15-7-3-1-4-8-15)19(23)26-13-11-25-12-14-27-20(24)18(22)16-9-5-2-6-10-16;1-15(2,16-8-10-18-11-9-16)14(17)12-4-6-13(19-3)7-5-12;1-12-9(11)8(10)7-5-3-2-4-6-7;;;;;/h4-13,15-18H,2-3,14H2,1H3;5-13H,4,14-18H2,1-3H3;1-10H,11-14H2;4-7H,8-11H2,1-3H3;2-6H,1H3;5*1H4/b26-23+;;;;;;;;;. The fourth-order valence-corrected chi connectivity index (χ4v) is 13.1. The van der Waals surface area contributed by atoms with Crippen molar-refractivity contribution in [2.75, 3.05) is 111 Å². The van der Waals surface area contributed by atoms with Gasteiger partial charge in [0, 0.05) is 79.9 Å². The van der Waals surface area contributed by atoms with Crippen molar-refractivity contribution in [3.05, 3.63) is 299 Å². The quantitative estimate of drug-likeness (QED) is 0.00437. The minimum Gasteiger partial charge on any atom is -0.463 e. The lowest BCUT2D eigenvalue weighted by Gasteiger charge is -2.39. The third-order valence-corrected chi connectivity index (χ3v) is 20.3. The van der Waals surface area contributed by atoms with E-state index in [9.17, 15) is 47.9 Å². The van der Waals surface area contributed by atoms with Crippen LogP contribution < -0.4 is 4.90 Å². The molecular formula is C97H120N4O17S2. The molecule has 2 saturated heterocycles. The maximum Gasteiger partial charge on any atom is 0.379 e. The summed E-state index contributed by atoms with van der Waals surface area (Å²) in [5, 5.41) is 3.92. The molecule has 120 heavy (non-hydrogen) atoms. The van der Waals surface area contributed by atoms with Crippen molar-refractivity contribution in [2.24, 2.45) is 5.16 Å². The molecule has 21 nitrogen and oxygen atoms in total. The van der Waals surface area contributed by atoms with Gasteiger partial charge in [-0.15, -0.1) is 11.8 Å². The number of hydrogen-bond acceptors (Lipinski definition) is 23. The molecule has 2 fully saturated rings. The number of unbranched alkanes of at least 4 members (excludes halogenated alkanes) is 1. The number of nitrogens with zero attached hydrogens (tertiary/aromatic N) is 4. The molecular weight excluding hydrogens is 1560 g/mol. The second-order valence-corrected chi connectivity index (χ2v) is 28.8. The zero-order chi connectivity index (χ0) is 82.8. The van der Waals surface area contributed by atoms with Crippen LogP contribution in [-0.4, -0.2) is 192 Å². The Morgan fingerprint density at radius 3 is 1.26 bits per heavy atom. The molecule has 0 spiro atoms. The molecule has 0 amide bonds. The summed E-state index contributed by atoms with van der Waals surface area (Å²) in [5.41, 5.74) is 4.92. The van der Waals surface area contributed by atoms with Crippen molar-refractivity contribution >= 4 is 93.5 Å². The van der Waals surface area contributed by atoms with Crippen molar-refractivity contribution in [2.45, 2.75) is 123 Å². The molecule has 0 aromatic heterocycles. The predicted molar refractivity (Wildman–Crippen MR) is 481 cm³/mol. The third-order valence-electron chi connectivity index (χ3n) is 18.6. The Labute approximate surface area is 718 Å². The number of oxime groups is 1. The van der Waals surface area contributed by atoms with Crippen LogP contribution in [0.25, 0.3) is 0 Å². The molecule has 0 aliphatic carbocycles. The highest BCUT2D eigenvalue weighted by molar-refractivity contribution is 7.99. The van der Waals surface area contributed by atoms with Gasteiger partial charge in [-0.25, -0.2) is 19.2 Å². The van der Waals surface area contributed by atoms with Gasteiger partial charge >= 0.3 is 23.9 Å². The highest BCUT2D eigenvalue weighted by Crippen LogP contribution is 2.31. The lowest BCUT2D eigenvalue weighted by Crippen LogP contribution is -2.54. The zero-order valence-corrected chi connectivity index (χ0v) is 67.9. The number of carbonyl (C=O) groups excluding carboxylic acids is 10. The number of benzene rings is 9. The van der Waals surface area contributed by atoms with Gasteiger partial charge in [-0.3, -0.25) is 38.6 Å². The van der Waals surface area contributed by atoms with Crippen LogP contribution in [0.4, 0.5) is 5.69 Å². The molecule has 0 radical (unpaired) electrons. The van der Waals surface area contributed by atoms with Crippen LogP contribution in [0.1, 0.15) is 169 Å². The van der Waals surface area contributed by atoms with Gasteiger partial charge in [0.1, 0.15) is 18.9 Å². The Kier molecular flexibility index (Phi) is 49.3. The van der Waals surface area contributed by atoms with Gasteiger partial charge in [-0.2, -0.15) is 0 Å². The monoisotopic (exact) mass is 1680 g/mol. The second-order valence-electron chi connectivity index (χ2n) is 26.7. The fraction of sp³-hybridized carbons (Fsp3) is 0.330. The van der Waals surface area contributed by atoms with Gasteiger partial charge in [0.2, 0.25) is 5.78 Å². The summed E-state index contributed by atoms with van der Waals surface area (Å²) >= 11 is 3.32. The maximum atomic E-state index is 13.6. The molecule has 9 aromatic rings. The predicted octanol–water partition coefficient (Wildman–Crippen LogP) is 18.9. The summed E-state index contributed by atoms with van der Waals surface area (Å²) in [6, 6.07) is 76.7. The van der Waals surface area contributed by atoms with E-state index in [2.05, 4.69) is 55.8 Å². The van der Waals surface area contributed by atoms with Crippen LogP contribution in [-0.2, 0) is 54.1 Å². The number of ether oxygens (including phenoxy) is 6. The normalized spacial score (nSPS) is 12.5. The van der Waals surface area contributed by atoms with Crippen LogP contribution in [0.2, 0.25) is 0 Å². The Balaban J connectivity index is 0.000000515. The second kappa shape index (κ2) is 56.3. The molecule has 0 bridgehead atoms. The molecule has 23 heteroatoms. The van der Waals surface area contributed by atoms with Gasteiger partial charge < -0.3 is 38.2 Å². The third kappa shape index (κ3) is 33.2. The number of Topliss-reactive ketones (excluding diaryl/α,β-unsaturated/α-hetero) is 6. The minimum absolute atomic E-state index is 0. The molecule has 1 atom stereocenters. The van der Waals surface area contributed by atoms with E-state index in [1.54, 1.807) is 127 Å². The maximum absolute atomic E-state index is 13.6. The number of thioether (sulfide) groups is 1. The average Bonchev–Trinajstić information content (AvgIpc) is 0.770. The number of rotatable bonds is 32. The SMILES string of the molecule is C.C.C.C.C.CCC(Cc1ccccc1)(C(=O)c1ccc(N2CCOCC2)cc1)N(C)C.CCCC/C(=N\OC(=O)c1ccccc1)C(=O)c1ccc(Sc2ccccc2)cc1.COC(=O)C(=O)c1ccccc1.CSc1ccc(C(=O)C(C)(C)N2CCOCC2)cc1.O=C(OCCOCCOC(=O)C(=O)c1ccccc1)C(=O)c1ccccc1. The number of carbonyl (C=O) groups is 10. The van der Waals surface area contributed by atoms with Crippen molar-refractivity contribution < 1.29 is 81.2 Å².